The van der Waals surface area contributed by atoms with Gasteiger partial charge in [-0.1, -0.05) is 6.07 Å². The average molecular weight is 383 g/mol. The van der Waals surface area contributed by atoms with Crippen LogP contribution in [0.1, 0.15) is 16.7 Å². The van der Waals surface area contributed by atoms with Crippen LogP contribution in [0, 0.1) is 0 Å². The number of H-pyrrole nitrogens is 1. The maximum Gasteiger partial charge on any atom is 0.198 e. The van der Waals surface area contributed by atoms with Crippen molar-refractivity contribution < 1.29 is 13.5 Å². The molecule has 0 unspecified atom stereocenters. The van der Waals surface area contributed by atoms with Crippen molar-refractivity contribution in [2.75, 3.05) is 0 Å². The van der Waals surface area contributed by atoms with E-state index in [1.807, 2.05) is 12.1 Å². The second kappa shape index (κ2) is 5.39. The van der Waals surface area contributed by atoms with Crippen molar-refractivity contribution in [3.8, 4) is 5.88 Å². The number of aromatic nitrogens is 2. The summed E-state index contributed by atoms with van der Waals surface area (Å²) < 4.78 is 24.5. The largest absolute Gasteiger partial charge is 0.494 e. The van der Waals surface area contributed by atoms with Gasteiger partial charge in [0.2, 0.25) is 0 Å². The summed E-state index contributed by atoms with van der Waals surface area (Å²) in [6.07, 6.45) is 1.60. The molecule has 6 nitrogen and oxygen atoms in total. The molecule has 0 aliphatic carbocycles. The molecular weight excluding hydrogens is 370 g/mol. The molecule has 26 heavy (non-hydrogen) atoms. The van der Waals surface area contributed by atoms with Gasteiger partial charge in [0.25, 0.3) is 0 Å². The third-order valence-electron chi connectivity index (χ3n) is 4.56. The van der Waals surface area contributed by atoms with Crippen LogP contribution < -0.4 is 0 Å². The van der Waals surface area contributed by atoms with Gasteiger partial charge in [0.05, 0.1) is 44.0 Å². The first kappa shape index (κ1) is 15.5. The van der Waals surface area contributed by atoms with Gasteiger partial charge >= 0.3 is 0 Å². The Morgan fingerprint density at radius 3 is 2.92 bits per heavy atom. The number of nitrogens with zero attached hydrogens (tertiary/aromatic N) is 2. The lowest BCUT2D eigenvalue weighted by Crippen LogP contribution is -1.95. The van der Waals surface area contributed by atoms with Gasteiger partial charge in [-0.15, -0.1) is 11.3 Å². The third kappa shape index (κ3) is 2.41. The van der Waals surface area contributed by atoms with Crippen LogP contribution in [-0.2, 0) is 21.3 Å². The topological polar surface area (TPSA) is 95.4 Å². The number of nitrogens with one attached hydrogen (secondary N) is 1. The maximum atomic E-state index is 11.8. The van der Waals surface area contributed by atoms with Crippen LogP contribution in [-0.4, -0.2) is 29.7 Å². The zero-order valence-electron chi connectivity index (χ0n) is 13.4. The Morgan fingerprint density at radius 1 is 1.19 bits per heavy atom. The van der Waals surface area contributed by atoms with Crippen molar-refractivity contribution in [2.45, 2.75) is 11.5 Å². The van der Waals surface area contributed by atoms with Crippen LogP contribution in [0.5, 0.6) is 5.88 Å². The molecule has 0 bridgehead atoms. The summed E-state index contributed by atoms with van der Waals surface area (Å²) in [4.78, 5) is 11.8. The minimum atomic E-state index is -3.04. The first-order valence-electron chi connectivity index (χ1n) is 7.93. The summed E-state index contributed by atoms with van der Waals surface area (Å²) in [5.41, 5.74) is 6.25. The molecule has 3 heterocycles. The molecule has 2 aromatic heterocycles. The summed E-state index contributed by atoms with van der Waals surface area (Å²) in [5.74, 6) is 0.189. The highest BCUT2D eigenvalue weighted by atomic mass is 32.2. The van der Waals surface area contributed by atoms with Crippen LogP contribution in [0.3, 0.4) is 0 Å². The molecule has 2 aromatic carbocycles. The molecule has 8 heteroatoms. The van der Waals surface area contributed by atoms with Gasteiger partial charge < -0.3 is 10.1 Å². The molecule has 0 radical (unpaired) electrons. The van der Waals surface area contributed by atoms with Gasteiger partial charge in [-0.3, -0.25) is 4.99 Å². The van der Waals surface area contributed by atoms with E-state index in [-0.39, 0.29) is 17.4 Å². The van der Waals surface area contributed by atoms with E-state index in [0.29, 0.717) is 11.3 Å². The van der Waals surface area contributed by atoms with Crippen LogP contribution in [0.15, 0.2) is 40.8 Å². The van der Waals surface area contributed by atoms with Crippen molar-refractivity contribution in [1.82, 2.24) is 9.97 Å². The summed E-state index contributed by atoms with van der Waals surface area (Å²) >= 11 is 1.54. The summed E-state index contributed by atoms with van der Waals surface area (Å²) in [6, 6.07) is 9.27. The Morgan fingerprint density at radius 2 is 2.04 bits per heavy atom. The number of aromatic hydroxyl groups is 1. The maximum absolute atomic E-state index is 11.8. The molecule has 130 valence electrons. The van der Waals surface area contributed by atoms with E-state index in [0.717, 1.165) is 32.2 Å². The lowest BCUT2D eigenvalue weighted by atomic mass is 10.1. The van der Waals surface area contributed by atoms with E-state index < -0.39 is 9.84 Å². The monoisotopic (exact) mass is 383 g/mol. The predicted octanol–water partition coefficient (Wildman–Crippen LogP) is 3.66. The van der Waals surface area contributed by atoms with Crippen LogP contribution in [0.2, 0.25) is 0 Å². The number of aromatic amines is 1. The van der Waals surface area contributed by atoms with Crippen LogP contribution in [0.4, 0.5) is 5.69 Å². The molecular formula is C18H13N3O3S2. The second-order valence-corrected chi connectivity index (χ2v) is 9.27. The minimum absolute atomic E-state index is 0.0352. The van der Waals surface area contributed by atoms with Gasteiger partial charge in [0.1, 0.15) is 0 Å². The molecule has 1 aliphatic rings. The predicted molar refractivity (Wildman–Crippen MR) is 103 cm³/mol. The van der Waals surface area contributed by atoms with Gasteiger partial charge in [-0.05, 0) is 35.4 Å². The van der Waals surface area contributed by atoms with Gasteiger partial charge in [0.15, 0.2) is 15.7 Å². The Bertz CT molecular complexity index is 1320. The quantitative estimate of drug-likeness (QED) is 0.516. The zero-order valence-corrected chi connectivity index (χ0v) is 15.1. The lowest BCUT2D eigenvalue weighted by molar-refractivity contribution is 0.457. The fourth-order valence-corrected chi connectivity index (χ4v) is 5.66. The summed E-state index contributed by atoms with van der Waals surface area (Å²) in [6.45, 7) is 0. The van der Waals surface area contributed by atoms with E-state index in [1.165, 1.54) is 11.3 Å². The Hall–Kier alpha value is -2.71. The molecule has 0 saturated heterocycles. The Balaban J connectivity index is 1.60. The first-order chi connectivity index (χ1) is 12.5. The highest BCUT2D eigenvalue weighted by Crippen LogP contribution is 2.34. The number of rotatable bonds is 2. The fourth-order valence-electron chi connectivity index (χ4n) is 3.38. The smallest absolute Gasteiger partial charge is 0.198 e. The number of benzene rings is 2. The lowest BCUT2D eigenvalue weighted by Gasteiger charge is -1.99. The Kier molecular flexibility index (Phi) is 3.22. The van der Waals surface area contributed by atoms with Gasteiger partial charge in [0, 0.05) is 11.6 Å². The van der Waals surface area contributed by atoms with E-state index in [1.54, 1.807) is 29.9 Å². The van der Waals surface area contributed by atoms with Crippen molar-refractivity contribution >= 4 is 54.2 Å². The molecule has 0 fully saturated rings. The normalized spacial score (nSPS) is 16.0. The molecule has 2 N–H and O–H groups in total. The number of fused-ring (bicyclic) bond motifs is 4. The standard InChI is InChI=1S/C18H13N3O3S2/c22-18-13(16-14(21-18)3-4-15-17(16)20-9-25-15)6-19-12-2-1-10-7-26(23,24)8-11(10)5-12/h1-6,9,21-22H,7-8H2. The average Bonchev–Trinajstić information content (AvgIpc) is 3.25. The van der Waals surface area contributed by atoms with E-state index >= 15 is 0 Å². The molecule has 5 rings (SSSR count). The molecule has 4 aromatic rings. The van der Waals surface area contributed by atoms with Crippen molar-refractivity contribution in [3.05, 3.63) is 52.5 Å². The number of thiazole rings is 1. The van der Waals surface area contributed by atoms with Gasteiger partial charge in [-0.2, -0.15) is 0 Å². The van der Waals surface area contributed by atoms with Crippen molar-refractivity contribution in [2.24, 2.45) is 4.99 Å². The second-order valence-electron chi connectivity index (χ2n) is 6.32. The molecule has 0 spiro atoms. The highest BCUT2D eigenvalue weighted by molar-refractivity contribution is 7.90. The third-order valence-corrected chi connectivity index (χ3v) is 6.86. The molecule has 0 saturated carbocycles. The number of aliphatic imine (C=N–C) groups is 1. The van der Waals surface area contributed by atoms with E-state index in [9.17, 15) is 13.5 Å². The summed E-state index contributed by atoms with van der Waals surface area (Å²) in [5, 5.41) is 11.1. The van der Waals surface area contributed by atoms with Crippen LogP contribution in [0.25, 0.3) is 21.1 Å². The highest BCUT2D eigenvalue weighted by Gasteiger charge is 2.24. The molecule has 0 amide bonds. The fraction of sp³-hybridized carbons (Fsp3) is 0.111. The van der Waals surface area contributed by atoms with E-state index in [2.05, 4.69) is 15.0 Å². The number of hydrogen-bond acceptors (Lipinski definition) is 6. The number of hydrogen-bond donors (Lipinski definition) is 2. The SMILES string of the molecule is O=S1(=O)Cc2ccc(N=Cc3c(O)[nH]c4ccc5scnc5c34)cc2C1. The van der Waals surface area contributed by atoms with Crippen molar-refractivity contribution in [1.29, 1.82) is 0 Å². The first-order valence-corrected chi connectivity index (χ1v) is 10.6. The van der Waals surface area contributed by atoms with E-state index in [4.69, 9.17) is 0 Å². The van der Waals surface area contributed by atoms with Crippen LogP contribution >= 0.6 is 11.3 Å². The summed E-state index contributed by atoms with van der Waals surface area (Å²) in [7, 11) is -3.04. The molecule has 0 atom stereocenters. The Labute approximate surface area is 152 Å². The van der Waals surface area contributed by atoms with Crippen molar-refractivity contribution in [3.63, 3.8) is 0 Å². The number of sulfone groups is 1. The molecule has 1 aliphatic heterocycles. The zero-order chi connectivity index (χ0) is 17.9. The van der Waals surface area contributed by atoms with Gasteiger partial charge in [-0.25, -0.2) is 13.4 Å². The minimum Gasteiger partial charge on any atom is -0.494 e.